The molecule has 0 saturated heterocycles. The molecule has 2 aliphatic rings. The molecule has 0 atom stereocenters. The van der Waals surface area contributed by atoms with Gasteiger partial charge in [0.15, 0.2) is 0 Å². The van der Waals surface area contributed by atoms with Crippen molar-refractivity contribution in [3.63, 3.8) is 0 Å². The average Bonchev–Trinajstić information content (AvgIpc) is 3.92. The van der Waals surface area contributed by atoms with E-state index in [1.807, 2.05) is 12.1 Å². The van der Waals surface area contributed by atoms with Crippen molar-refractivity contribution in [2.24, 2.45) is 0 Å². The molecule has 4 nitrogen and oxygen atoms in total. The predicted octanol–water partition coefficient (Wildman–Crippen LogP) is 15.5. The summed E-state index contributed by atoms with van der Waals surface area (Å²) in [7, 11) is 0. The van der Waals surface area contributed by atoms with Crippen LogP contribution in [0.15, 0.2) is 197 Å². The molecule has 13 rings (SSSR count). The first-order valence-corrected chi connectivity index (χ1v) is 23.5. The zero-order valence-corrected chi connectivity index (χ0v) is 38.7. The molecule has 0 amide bonds. The molecule has 0 saturated carbocycles. The van der Waals surface area contributed by atoms with Crippen molar-refractivity contribution in [2.45, 2.75) is 52.4 Å². The molecule has 4 heterocycles. The highest BCUT2D eigenvalue weighted by Crippen LogP contribution is 2.47. The van der Waals surface area contributed by atoms with Gasteiger partial charge in [0.1, 0.15) is 22.3 Å². The second kappa shape index (κ2) is 14.4. The van der Waals surface area contributed by atoms with Crippen LogP contribution in [0.1, 0.15) is 52.7 Å². The van der Waals surface area contributed by atoms with E-state index in [4.69, 9.17) is 8.83 Å². The number of rotatable bonds is 4. The van der Waals surface area contributed by atoms with E-state index in [0.29, 0.717) is 0 Å². The minimum atomic E-state index is -0.0399. The van der Waals surface area contributed by atoms with Crippen LogP contribution in [0.3, 0.4) is 0 Å². The van der Waals surface area contributed by atoms with Gasteiger partial charge in [-0.3, -0.25) is 0 Å². The number of furan rings is 2. The number of fused-ring (bicyclic) bond motifs is 10. The minimum absolute atomic E-state index is 0.0255. The summed E-state index contributed by atoms with van der Waals surface area (Å²) in [5.41, 5.74) is 21.9. The fraction of sp³-hybridized carbons (Fsp3) is 0.129. The number of hydrogen-bond donors (Lipinski definition) is 0. The lowest BCUT2D eigenvalue weighted by Gasteiger charge is -2.44. The maximum Gasteiger partial charge on any atom is 0.252 e. The molecule has 322 valence electrons. The number of para-hydroxylation sites is 2. The lowest BCUT2D eigenvalue weighted by molar-refractivity contribution is 0.590. The minimum Gasteiger partial charge on any atom is -0.456 e. The summed E-state index contributed by atoms with van der Waals surface area (Å²) in [4.78, 5) is 5.02. The summed E-state index contributed by atoms with van der Waals surface area (Å²) in [6.07, 6.45) is 0. The van der Waals surface area contributed by atoms with Gasteiger partial charge in [0, 0.05) is 55.7 Å². The van der Waals surface area contributed by atoms with E-state index in [-0.39, 0.29) is 17.5 Å². The average molecular weight is 865 g/mol. The lowest BCUT2D eigenvalue weighted by atomic mass is 9.33. The lowest BCUT2D eigenvalue weighted by Crippen LogP contribution is -2.61. The summed E-state index contributed by atoms with van der Waals surface area (Å²) < 4.78 is 12.6. The molecule has 2 aromatic heterocycles. The Bertz CT molecular complexity index is 3790. The van der Waals surface area contributed by atoms with Crippen molar-refractivity contribution in [1.82, 2.24) is 0 Å². The molecule has 0 unspecified atom stereocenters. The first-order valence-electron chi connectivity index (χ1n) is 23.5. The first kappa shape index (κ1) is 39.6. The summed E-state index contributed by atoms with van der Waals surface area (Å²) in [6.45, 7) is 13.9. The van der Waals surface area contributed by atoms with Gasteiger partial charge in [-0.15, -0.1) is 0 Å². The van der Waals surface area contributed by atoms with Gasteiger partial charge in [-0.25, -0.2) is 0 Å². The summed E-state index contributed by atoms with van der Waals surface area (Å²) in [5, 5.41) is 4.57. The molecular weight excluding hydrogens is 816 g/mol. The highest BCUT2D eigenvalue weighted by Gasteiger charge is 2.44. The molecule has 9 aromatic carbocycles. The first-order chi connectivity index (χ1) is 32.5. The van der Waals surface area contributed by atoms with E-state index in [2.05, 4.69) is 227 Å². The molecule has 0 fully saturated rings. The van der Waals surface area contributed by atoms with E-state index < -0.39 is 0 Å². The third-order valence-electron chi connectivity index (χ3n) is 14.4. The molecule has 11 aromatic rings. The fourth-order valence-electron chi connectivity index (χ4n) is 11.0. The van der Waals surface area contributed by atoms with E-state index in [1.165, 1.54) is 61.4 Å². The highest BCUT2D eigenvalue weighted by molar-refractivity contribution is 7.00. The van der Waals surface area contributed by atoms with Crippen LogP contribution in [0, 0.1) is 0 Å². The number of nitrogens with zero attached hydrogens (tertiary/aromatic N) is 2. The van der Waals surface area contributed by atoms with Crippen LogP contribution in [-0.2, 0) is 10.8 Å². The smallest absolute Gasteiger partial charge is 0.252 e. The molecule has 0 radical (unpaired) electrons. The monoisotopic (exact) mass is 864 g/mol. The van der Waals surface area contributed by atoms with Crippen molar-refractivity contribution in [1.29, 1.82) is 0 Å². The molecule has 0 N–H and O–H groups in total. The van der Waals surface area contributed by atoms with E-state index in [9.17, 15) is 0 Å². The van der Waals surface area contributed by atoms with Crippen molar-refractivity contribution < 1.29 is 8.83 Å². The zero-order chi connectivity index (χ0) is 45.3. The van der Waals surface area contributed by atoms with Gasteiger partial charge in [0.2, 0.25) is 0 Å². The third-order valence-corrected chi connectivity index (χ3v) is 14.4. The van der Waals surface area contributed by atoms with Gasteiger partial charge >= 0.3 is 0 Å². The molecule has 67 heavy (non-hydrogen) atoms. The standard InChI is InChI=1S/C62H49BN2O2/c1-61(2,3)40-29-35-50-49(36-40)63-48-34-28-41(62(4,5)6)37-53(48)65(43-32-26-39(27-33-43)45-17-12-23-57-59(45)47-15-8-10-21-55(47)67-57)52-19-13-18-51(60(52)63)64(50)42-30-24-38(25-31-42)44-16-11-22-56-58(44)46-14-7-9-20-54(46)66-56/h7-37H,1-6H3. The number of hydrogen-bond acceptors (Lipinski definition) is 4. The Kier molecular flexibility index (Phi) is 8.49. The Morgan fingerprint density at radius 2 is 0.836 bits per heavy atom. The van der Waals surface area contributed by atoms with Crippen LogP contribution in [0.4, 0.5) is 34.1 Å². The Morgan fingerprint density at radius 3 is 1.37 bits per heavy atom. The molecule has 0 aliphatic carbocycles. The van der Waals surface area contributed by atoms with Gasteiger partial charge in [-0.1, -0.05) is 157 Å². The van der Waals surface area contributed by atoms with Gasteiger partial charge in [0.25, 0.3) is 6.71 Å². The second-order valence-electron chi connectivity index (χ2n) is 20.5. The summed E-state index contributed by atoms with van der Waals surface area (Å²) >= 11 is 0. The zero-order valence-electron chi connectivity index (χ0n) is 38.7. The fourth-order valence-corrected chi connectivity index (χ4v) is 11.0. The van der Waals surface area contributed by atoms with E-state index in [1.54, 1.807) is 0 Å². The maximum absolute atomic E-state index is 6.32. The van der Waals surface area contributed by atoms with Crippen LogP contribution in [0.25, 0.3) is 66.1 Å². The van der Waals surface area contributed by atoms with Gasteiger partial charge in [0.05, 0.1) is 0 Å². The molecule has 0 bridgehead atoms. The topological polar surface area (TPSA) is 32.8 Å². The highest BCUT2D eigenvalue weighted by atomic mass is 16.3. The number of anilines is 6. The van der Waals surface area contributed by atoms with Crippen molar-refractivity contribution >= 4 is 101 Å². The van der Waals surface area contributed by atoms with Crippen LogP contribution >= 0.6 is 0 Å². The maximum atomic E-state index is 6.32. The Balaban J connectivity index is 0.997. The quantitative estimate of drug-likeness (QED) is 0.165. The van der Waals surface area contributed by atoms with Gasteiger partial charge in [-0.05, 0) is 133 Å². The largest absolute Gasteiger partial charge is 0.456 e. The van der Waals surface area contributed by atoms with Crippen molar-refractivity contribution in [3.05, 3.63) is 199 Å². The molecule has 2 aliphatic heterocycles. The Labute approximate surface area is 391 Å². The van der Waals surface area contributed by atoms with Gasteiger partial charge in [-0.2, -0.15) is 0 Å². The van der Waals surface area contributed by atoms with Crippen LogP contribution < -0.4 is 26.2 Å². The second-order valence-corrected chi connectivity index (χ2v) is 20.5. The van der Waals surface area contributed by atoms with E-state index in [0.717, 1.165) is 66.4 Å². The summed E-state index contributed by atoms with van der Waals surface area (Å²) in [6, 6.07) is 69.1. The normalized spacial score (nSPS) is 13.4. The SMILES string of the molecule is CC(C)(C)c1ccc2c(c1)B1c3ccc(C(C)(C)C)cc3N(c3ccc(-c4cccc5oc6ccccc6c45)cc3)c3cccc(c31)N2c1ccc(-c2cccc3oc4ccccc4c23)cc1. The Morgan fingerprint density at radius 1 is 0.373 bits per heavy atom. The van der Waals surface area contributed by atoms with Crippen molar-refractivity contribution in [2.75, 3.05) is 9.80 Å². The summed E-state index contributed by atoms with van der Waals surface area (Å²) in [5.74, 6) is 0. The van der Waals surface area contributed by atoms with Crippen LogP contribution in [-0.4, -0.2) is 6.71 Å². The molecule has 0 spiro atoms. The Hall–Kier alpha value is -7.76. The third kappa shape index (κ3) is 6.07. The number of benzene rings is 9. The molecular formula is C62H49BN2O2. The molecule has 5 heteroatoms. The van der Waals surface area contributed by atoms with Crippen LogP contribution in [0.2, 0.25) is 0 Å². The van der Waals surface area contributed by atoms with Crippen molar-refractivity contribution in [3.8, 4) is 22.3 Å². The van der Waals surface area contributed by atoms with Crippen LogP contribution in [0.5, 0.6) is 0 Å². The van der Waals surface area contributed by atoms with E-state index >= 15 is 0 Å². The van der Waals surface area contributed by atoms with Gasteiger partial charge < -0.3 is 18.6 Å². The predicted molar refractivity (Wildman–Crippen MR) is 283 cm³/mol.